The van der Waals surface area contributed by atoms with Crippen LogP contribution < -0.4 is 10.6 Å². The van der Waals surface area contributed by atoms with Crippen molar-refractivity contribution >= 4 is 17.2 Å². The third kappa shape index (κ3) is 3.98. The summed E-state index contributed by atoms with van der Waals surface area (Å²) < 4.78 is 0. The molecule has 0 saturated heterocycles. The van der Waals surface area contributed by atoms with Crippen LogP contribution >= 0.6 is 0 Å². The van der Waals surface area contributed by atoms with Crippen LogP contribution in [-0.2, 0) is 0 Å². The summed E-state index contributed by atoms with van der Waals surface area (Å²) in [7, 11) is 0. The molecule has 2 rings (SSSR count). The van der Waals surface area contributed by atoms with Crippen molar-refractivity contribution in [1.29, 1.82) is 0 Å². The minimum absolute atomic E-state index is 0.913. The summed E-state index contributed by atoms with van der Waals surface area (Å²) in [5.74, 6) is 0.913. The lowest BCUT2D eigenvalue weighted by molar-refractivity contribution is 0.969. The smallest absolute Gasteiger partial charge is 0.127 e. The van der Waals surface area contributed by atoms with Crippen LogP contribution in [0.4, 0.5) is 17.2 Å². The lowest BCUT2D eigenvalue weighted by Crippen LogP contribution is -2.02. The molecular weight excluding hydrogens is 234 g/mol. The highest BCUT2D eigenvalue weighted by Crippen LogP contribution is 2.20. The van der Waals surface area contributed by atoms with Crippen molar-refractivity contribution in [3.05, 3.63) is 47.7 Å². The summed E-state index contributed by atoms with van der Waals surface area (Å²) in [4.78, 5) is 4.30. The lowest BCUT2D eigenvalue weighted by Gasteiger charge is -2.10. The molecule has 2 N–H and O–H groups in total. The number of pyridine rings is 1. The van der Waals surface area contributed by atoms with E-state index in [1.165, 1.54) is 11.1 Å². The van der Waals surface area contributed by atoms with E-state index < -0.39 is 0 Å². The van der Waals surface area contributed by atoms with Crippen molar-refractivity contribution in [3.63, 3.8) is 0 Å². The number of hydrogen-bond acceptors (Lipinski definition) is 3. The Kier molecular flexibility index (Phi) is 4.39. The van der Waals surface area contributed by atoms with E-state index in [2.05, 4.69) is 54.6 Å². The molecule has 0 atom stereocenters. The maximum Gasteiger partial charge on any atom is 0.127 e. The number of aromatic nitrogens is 1. The van der Waals surface area contributed by atoms with Gasteiger partial charge >= 0.3 is 0 Å². The molecular formula is C16H21N3. The third-order valence-corrected chi connectivity index (χ3v) is 2.83. The van der Waals surface area contributed by atoms with Crippen LogP contribution in [0.5, 0.6) is 0 Å². The molecule has 2 aromatic rings. The zero-order valence-corrected chi connectivity index (χ0v) is 11.8. The van der Waals surface area contributed by atoms with Gasteiger partial charge in [-0.05, 0) is 49.6 Å². The number of rotatable bonds is 5. The van der Waals surface area contributed by atoms with Gasteiger partial charge in [0, 0.05) is 30.2 Å². The standard InChI is InChI=1S/C16H21N3/c1-4-6-17-16-11-14(5-7-18-16)19-15-9-12(2)8-13(3)10-15/h5,7-11H,4,6H2,1-3H3,(H2,17,18,19). The predicted molar refractivity (Wildman–Crippen MR) is 82.2 cm³/mol. The van der Waals surface area contributed by atoms with Gasteiger partial charge in [0.15, 0.2) is 0 Å². The number of hydrogen-bond donors (Lipinski definition) is 2. The molecule has 3 nitrogen and oxygen atoms in total. The monoisotopic (exact) mass is 255 g/mol. The third-order valence-electron chi connectivity index (χ3n) is 2.83. The van der Waals surface area contributed by atoms with Crippen molar-refractivity contribution < 1.29 is 0 Å². The van der Waals surface area contributed by atoms with E-state index in [-0.39, 0.29) is 0 Å². The molecule has 100 valence electrons. The molecule has 3 heteroatoms. The molecule has 0 fully saturated rings. The molecule has 1 heterocycles. The first-order valence-electron chi connectivity index (χ1n) is 6.72. The number of aryl methyl sites for hydroxylation is 2. The maximum absolute atomic E-state index is 4.30. The molecule has 1 aromatic heterocycles. The predicted octanol–water partition coefficient (Wildman–Crippen LogP) is 4.26. The number of nitrogens with zero attached hydrogens (tertiary/aromatic N) is 1. The summed E-state index contributed by atoms with van der Waals surface area (Å²) in [6.45, 7) is 7.31. The lowest BCUT2D eigenvalue weighted by atomic mass is 10.1. The van der Waals surface area contributed by atoms with Gasteiger partial charge < -0.3 is 10.6 Å². The Labute approximate surface area is 115 Å². The molecule has 0 radical (unpaired) electrons. The second-order valence-corrected chi connectivity index (χ2v) is 4.86. The summed E-state index contributed by atoms with van der Waals surface area (Å²) in [5.41, 5.74) is 4.70. The zero-order chi connectivity index (χ0) is 13.7. The van der Waals surface area contributed by atoms with E-state index >= 15 is 0 Å². The van der Waals surface area contributed by atoms with E-state index in [9.17, 15) is 0 Å². The second-order valence-electron chi connectivity index (χ2n) is 4.86. The average molecular weight is 255 g/mol. The molecule has 0 aliphatic carbocycles. The van der Waals surface area contributed by atoms with Crippen LogP contribution in [0.25, 0.3) is 0 Å². The number of nitrogens with one attached hydrogen (secondary N) is 2. The summed E-state index contributed by atoms with van der Waals surface area (Å²) in [5, 5.41) is 6.71. The van der Waals surface area contributed by atoms with Crippen molar-refractivity contribution in [2.24, 2.45) is 0 Å². The fourth-order valence-electron chi connectivity index (χ4n) is 2.07. The average Bonchev–Trinajstić information content (AvgIpc) is 2.35. The highest BCUT2D eigenvalue weighted by molar-refractivity contribution is 5.63. The topological polar surface area (TPSA) is 37.0 Å². The first-order valence-corrected chi connectivity index (χ1v) is 6.72. The van der Waals surface area contributed by atoms with Crippen molar-refractivity contribution in [2.45, 2.75) is 27.2 Å². The molecule has 0 aliphatic heterocycles. The van der Waals surface area contributed by atoms with E-state index in [0.29, 0.717) is 0 Å². The van der Waals surface area contributed by atoms with Crippen LogP contribution in [-0.4, -0.2) is 11.5 Å². The summed E-state index contributed by atoms with van der Waals surface area (Å²) in [6, 6.07) is 10.5. The van der Waals surface area contributed by atoms with Gasteiger partial charge in [0.05, 0.1) is 0 Å². The van der Waals surface area contributed by atoms with Crippen molar-refractivity contribution in [1.82, 2.24) is 4.98 Å². The minimum Gasteiger partial charge on any atom is -0.370 e. The Morgan fingerprint density at radius 2 is 1.74 bits per heavy atom. The van der Waals surface area contributed by atoms with Crippen molar-refractivity contribution in [3.8, 4) is 0 Å². The van der Waals surface area contributed by atoms with Crippen LogP contribution in [0.3, 0.4) is 0 Å². The molecule has 19 heavy (non-hydrogen) atoms. The highest BCUT2D eigenvalue weighted by atomic mass is 15.0. The van der Waals surface area contributed by atoms with Gasteiger partial charge in [0.2, 0.25) is 0 Å². The van der Waals surface area contributed by atoms with E-state index in [1.807, 2.05) is 18.3 Å². The highest BCUT2D eigenvalue weighted by Gasteiger charge is 1.99. The Bertz CT molecular complexity index is 529. The Balaban J connectivity index is 2.13. The largest absolute Gasteiger partial charge is 0.370 e. The number of anilines is 3. The first-order chi connectivity index (χ1) is 9.17. The van der Waals surface area contributed by atoms with E-state index in [4.69, 9.17) is 0 Å². The molecule has 1 aromatic carbocycles. The van der Waals surface area contributed by atoms with Gasteiger partial charge in [-0.15, -0.1) is 0 Å². The fraction of sp³-hybridized carbons (Fsp3) is 0.312. The van der Waals surface area contributed by atoms with E-state index in [1.54, 1.807) is 0 Å². The van der Waals surface area contributed by atoms with Crippen LogP contribution in [0.15, 0.2) is 36.5 Å². The molecule has 0 aliphatic rings. The van der Waals surface area contributed by atoms with Crippen molar-refractivity contribution in [2.75, 3.05) is 17.2 Å². The summed E-state index contributed by atoms with van der Waals surface area (Å²) in [6.07, 6.45) is 2.92. The maximum atomic E-state index is 4.30. The molecule has 0 bridgehead atoms. The van der Waals surface area contributed by atoms with Gasteiger partial charge in [0.1, 0.15) is 5.82 Å². The molecule has 0 spiro atoms. The minimum atomic E-state index is 0.913. The Morgan fingerprint density at radius 3 is 2.42 bits per heavy atom. The SMILES string of the molecule is CCCNc1cc(Nc2cc(C)cc(C)c2)ccn1. The zero-order valence-electron chi connectivity index (χ0n) is 11.8. The quantitative estimate of drug-likeness (QED) is 0.838. The second kappa shape index (κ2) is 6.23. The van der Waals surface area contributed by atoms with Gasteiger partial charge in [-0.1, -0.05) is 13.0 Å². The molecule has 0 amide bonds. The first kappa shape index (κ1) is 13.4. The van der Waals surface area contributed by atoms with Crippen LogP contribution in [0.2, 0.25) is 0 Å². The summed E-state index contributed by atoms with van der Waals surface area (Å²) >= 11 is 0. The normalized spacial score (nSPS) is 10.3. The Morgan fingerprint density at radius 1 is 1.00 bits per heavy atom. The van der Waals surface area contributed by atoms with Gasteiger partial charge in [-0.25, -0.2) is 4.98 Å². The van der Waals surface area contributed by atoms with Gasteiger partial charge in [-0.3, -0.25) is 0 Å². The van der Waals surface area contributed by atoms with E-state index in [0.717, 1.165) is 30.2 Å². The molecule has 0 unspecified atom stereocenters. The van der Waals surface area contributed by atoms with Gasteiger partial charge in [0.25, 0.3) is 0 Å². The Hall–Kier alpha value is -2.03. The van der Waals surface area contributed by atoms with Crippen LogP contribution in [0.1, 0.15) is 24.5 Å². The number of benzene rings is 1. The fourth-order valence-corrected chi connectivity index (χ4v) is 2.07. The van der Waals surface area contributed by atoms with Crippen LogP contribution in [0, 0.1) is 13.8 Å². The van der Waals surface area contributed by atoms with Gasteiger partial charge in [-0.2, -0.15) is 0 Å². The molecule has 0 saturated carbocycles.